The van der Waals surface area contributed by atoms with Gasteiger partial charge in [0.2, 0.25) is 0 Å². The van der Waals surface area contributed by atoms with Gasteiger partial charge in [-0.25, -0.2) is 23.7 Å². The third-order valence-corrected chi connectivity index (χ3v) is 4.09. The Kier molecular flexibility index (Phi) is 4.56. The van der Waals surface area contributed by atoms with Crippen molar-refractivity contribution in [3.8, 4) is 40.2 Å². The van der Waals surface area contributed by atoms with Crippen LogP contribution in [0.15, 0.2) is 72.8 Å². The molecule has 0 aliphatic carbocycles. The monoisotopic (exact) mass is 370 g/mol. The van der Waals surface area contributed by atoms with E-state index in [2.05, 4.69) is 15.0 Å². The predicted molar refractivity (Wildman–Crippen MR) is 101 cm³/mol. The number of hydrogen-bond acceptors (Lipinski definition) is 4. The van der Waals surface area contributed by atoms with Gasteiger partial charge >= 0.3 is 0 Å². The number of nitrogens with zero attached hydrogens (tertiary/aromatic N) is 4. The van der Waals surface area contributed by atoms with Crippen LogP contribution < -0.4 is 0 Å². The molecule has 0 bridgehead atoms. The molecule has 0 atom stereocenters. The SMILES string of the molecule is N#Cc1cc(F)c(-c2nc(-c3ccccc3)nc(-c3ccccc3)n2)c(F)c1. The molecule has 4 aromatic rings. The van der Waals surface area contributed by atoms with Gasteiger partial charge in [-0.1, -0.05) is 60.7 Å². The molecule has 0 radical (unpaired) electrons. The number of nitriles is 1. The fourth-order valence-corrected chi connectivity index (χ4v) is 2.77. The molecule has 0 aliphatic rings. The molecular weight excluding hydrogens is 358 g/mol. The number of halogens is 2. The molecule has 0 aliphatic heterocycles. The first-order valence-corrected chi connectivity index (χ1v) is 8.42. The third kappa shape index (κ3) is 3.33. The highest BCUT2D eigenvalue weighted by atomic mass is 19.1. The lowest BCUT2D eigenvalue weighted by molar-refractivity contribution is 0.586. The summed E-state index contributed by atoms with van der Waals surface area (Å²) < 4.78 is 29.1. The summed E-state index contributed by atoms with van der Waals surface area (Å²) in [5.41, 5.74) is 0.880. The zero-order valence-corrected chi connectivity index (χ0v) is 14.5. The normalized spacial score (nSPS) is 10.5. The Morgan fingerprint density at radius 2 is 1.07 bits per heavy atom. The highest BCUT2D eigenvalue weighted by Crippen LogP contribution is 2.28. The number of benzene rings is 3. The fourth-order valence-electron chi connectivity index (χ4n) is 2.77. The van der Waals surface area contributed by atoms with Gasteiger partial charge in [0.15, 0.2) is 17.5 Å². The van der Waals surface area contributed by atoms with E-state index in [0.29, 0.717) is 22.8 Å². The van der Waals surface area contributed by atoms with Crippen molar-refractivity contribution in [1.82, 2.24) is 15.0 Å². The lowest BCUT2D eigenvalue weighted by atomic mass is 10.1. The summed E-state index contributed by atoms with van der Waals surface area (Å²) in [6, 6.07) is 21.9. The molecule has 134 valence electrons. The van der Waals surface area contributed by atoms with Crippen molar-refractivity contribution in [2.75, 3.05) is 0 Å². The highest BCUT2D eigenvalue weighted by Gasteiger charge is 2.19. The first kappa shape index (κ1) is 17.4. The second-order valence-corrected chi connectivity index (χ2v) is 5.96. The lowest BCUT2D eigenvalue weighted by Crippen LogP contribution is -2.03. The van der Waals surface area contributed by atoms with Crippen molar-refractivity contribution in [1.29, 1.82) is 5.26 Å². The van der Waals surface area contributed by atoms with Crippen molar-refractivity contribution in [2.24, 2.45) is 0 Å². The van der Waals surface area contributed by atoms with Crippen molar-refractivity contribution in [3.05, 3.63) is 90.0 Å². The van der Waals surface area contributed by atoms with Crippen LogP contribution in [-0.2, 0) is 0 Å². The van der Waals surface area contributed by atoms with Gasteiger partial charge in [-0.3, -0.25) is 0 Å². The minimum Gasteiger partial charge on any atom is -0.208 e. The van der Waals surface area contributed by atoms with Gasteiger partial charge in [-0.2, -0.15) is 5.26 Å². The first-order chi connectivity index (χ1) is 13.7. The Morgan fingerprint density at radius 3 is 1.50 bits per heavy atom. The van der Waals surface area contributed by atoms with Crippen molar-refractivity contribution < 1.29 is 8.78 Å². The van der Waals surface area contributed by atoms with E-state index in [-0.39, 0.29) is 11.4 Å². The average molecular weight is 370 g/mol. The molecular formula is C22H12F2N4. The van der Waals surface area contributed by atoms with Gasteiger partial charge in [-0.15, -0.1) is 0 Å². The minimum atomic E-state index is -0.902. The Labute approximate surface area is 159 Å². The summed E-state index contributed by atoms with van der Waals surface area (Å²) in [7, 11) is 0. The molecule has 1 aromatic heterocycles. The van der Waals surface area contributed by atoms with Crippen LogP contribution in [0.5, 0.6) is 0 Å². The van der Waals surface area contributed by atoms with Crippen LogP contribution in [0.3, 0.4) is 0 Å². The molecule has 1 heterocycles. The third-order valence-electron chi connectivity index (χ3n) is 4.09. The van der Waals surface area contributed by atoms with Gasteiger partial charge in [0.05, 0.1) is 17.2 Å². The van der Waals surface area contributed by atoms with Crippen molar-refractivity contribution in [2.45, 2.75) is 0 Å². The second-order valence-electron chi connectivity index (χ2n) is 5.96. The van der Waals surface area contributed by atoms with E-state index in [1.807, 2.05) is 36.4 Å². The molecule has 0 amide bonds. The summed E-state index contributed by atoms with van der Waals surface area (Å²) in [5.74, 6) is -1.34. The molecule has 0 unspecified atom stereocenters. The Hall–Kier alpha value is -3.98. The van der Waals surface area contributed by atoms with Crippen molar-refractivity contribution >= 4 is 0 Å². The van der Waals surface area contributed by atoms with Crippen LogP contribution in [0.25, 0.3) is 34.2 Å². The van der Waals surface area contributed by atoms with Crippen LogP contribution in [0.4, 0.5) is 8.78 Å². The van der Waals surface area contributed by atoms with E-state index in [4.69, 9.17) is 5.26 Å². The molecule has 0 spiro atoms. The smallest absolute Gasteiger partial charge is 0.170 e. The summed E-state index contributed by atoms with van der Waals surface area (Å²) in [6.07, 6.45) is 0. The van der Waals surface area contributed by atoms with Gasteiger partial charge in [-0.05, 0) is 12.1 Å². The standard InChI is InChI=1S/C22H12F2N4/c23-17-11-14(13-25)12-18(24)19(17)22-27-20(15-7-3-1-4-8-15)26-21(28-22)16-9-5-2-6-10-16/h1-12H. The van der Waals surface area contributed by atoms with E-state index >= 15 is 0 Å². The molecule has 0 N–H and O–H groups in total. The van der Waals surface area contributed by atoms with Crippen LogP contribution in [0.1, 0.15) is 5.56 Å². The van der Waals surface area contributed by atoms with E-state index in [0.717, 1.165) is 12.1 Å². The highest BCUT2D eigenvalue weighted by molar-refractivity contribution is 5.67. The number of hydrogen-bond donors (Lipinski definition) is 0. The van der Waals surface area contributed by atoms with Crippen molar-refractivity contribution in [3.63, 3.8) is 0 Å². The molecule has 6 heteroatoms. The first-order valence-electron chi connectivity index (χ1n) is 8.42. The summed E-state index contributed by atoms with van der Waals surface area (Å²) >= 11 is 0. The predicted octanol–water partition coefficient (Wildman–Crippen LogP) is 5.02. The van der Waals surface area contributed by atoms with Crippen LogP contribution in [0, 0.1) is 23.0 Å². The fraction of sp³-hybridized carbons (Fsp3) is 0. The zero-order chi connectivity index (χ0) is 19.5. The largest absolute Gasteiger partial charge is 0.208 e. The maximum absolute atomic E-state index is 14.6. The summed E-state index contributed by atoms with van der Waals surface area (Å²) in [6.45, 7) is 0. The van der Waals surface area contributed by atoms with Gasteiger partial charge in [0, 0.05) is 11.1 Å². The number of aromatic nitrogens is 3. The molecule has 4 rings (SSSR count). The quantitative estimate of drug-likeness (QED) is 0.508. The van der Waals surface area contributed by atoms with Crippen LogP contribution in [0.2, 0.25) is 0 Å². The molecule has 0 fully saturated rings. The van der Waals surface area contributed by atoms with Gasteiger partial charge in [0.25, 0.3) is 0 Å². The second kappa shape index (κ2) is 7.33. The van der Waals surface area contributed by atoms with E-state index in [9.17, 15) is 8.78 Å². The molecule has 0 saturated carbocycles. The topological polar surface area (TPSA) is 62.5 Å². The van der Waals surface area contributed by atoms with E-state index < -0.39 is 17.2 Å². The maximum atomic E-state index is 14.6. The Bertz CT molecular complexity index is 1110. The summed E-state index contributed by atoms with van der Waals surface area (Å²) in [4.78, 5) is 13.1. The van der Waals surface area contributed by atoms with Gasteiger partial charge < -0.3 is 0 Å². The van der Waals surface area contributed by atoms with Crippen LogP contribution >= 0.6 is 0 Å². The lowest BCUT2D eigenvalue weighted by Gasteiger charge is -2.09. The molecule has 4 nitrogen and oxygen atoms in total. The summed E-state index contributed by atoms with van der Waals surface area (Å²) in [5, 5.41) is 8.91. The molecule has 28 heavy (non-hydrogen) atoms. The number of rotatable bonds is 3. The molecule has 3 aromatic carbocycles. The molecule has 0 saturated heterocycles. The maximum Gasteiger partial charge on any atom is 0.170 e. The van der Waals surface area contributed by atoms with E-state index in [1.165, 1.54) is 0 Å². The average Bonchev–Trinajstić information content (AvgIpc) is 2.74. The van der Waals surface area contributed by atoms with E-state index in [1.54, 1.807) is 30.3 Å². The minimum absolute atomic E-state index is 0.112. The van der Waals surface area contributed by atoms with Gasteiger partial charge in [0.1, 0.15) is 11.6 Å². The Morgan fingerprint density at radius 1 is 0.643 bits per heavy atom. The van der Waals surface area contributed by atoms with Crippen LogP contribution in [-0.4, -0.2) is 15.0 Å². The Balaban J connectivity index is 1.97. The zero-order valence-electron chi connectivity index (χ0n) is 14.5.